The van der Waals surface area contributed by atoms with Crippen LogP contribution in [0.25, 0.3) is 0 Å². The summed E-state index contributed by atoms with van der Waals surface area (Å²) in [7, 11) is 0. The van der Waals surface area contributed by atoms with Crippen LogP contribution in [0.5, 0.6) is 11.5 Å². The molecule has 3 aliphatic rings. The molecule has 27 heavy (non-hydrogen) atoms. The number of aryl methyl sites for hydroxylation is 1. The van der Waals surface area contributed by atoms with Gasteiger partial charge in [-0.2, -0.15) is 0 Å². The number of amides is 2. The van der Waals surface area contributed by atoms with Gasteiger partial charge in [0.1, 0.15) is 0 Å². The second-order valence-corrected chi connectivity index (χ2v) is 8.01. The number of nitrogens with one attached hydrogen (secondary N) is 1. The predicted octanol–water partition coefficient (Wildman–Crippen LogP) is 2.63. The van der Waals surface area contributed by atoms with Gasteiger partial charge in [-0.1, -0.05) is 12.5 Å². The third kappa shape index (κ3) is 3.31. The largest absolute Gasteiger partial charge is 0.481 e. The summed E-state index contributed by atoms with van der Waals surface area (Å²) in [5, 5.41) is 12.7. The van der Waals surface area contributed by atoms with Gasteiger partial charge in [0.2, 0.25) is 6.79 Å². The maximum atomic E-state index is 12.6. The first-order valence-electron chi connectivity index (χ1n) is 9.65. The lowest BCUT2D eigenvalue weighted by atomic mass is 9.81. The van der Waals surface area contributed by atoms with Crippen LogP contribution in [0.4, 0.5) is 4.79 Å². The highest BCUT2D eigenvalue weighted by atomic mass is 16.7. The molecular formula is C20H26N2O5. The molecule has 0 aromatic heterocycles. The predicted molar refractivity (Wildman–Crippen MR) is 97.9 cm³/mol. The third-order valence-electron chi connectivity index (χ3n) is 6.26. The Morgan fingerprint density at radius 1 is 1.37 bits per heavy atom. The average molecular weight is 374 g/mol. The van der Waals surface area contributed by atoms with Crippen molar-refractivity contribution < 1.29 is 24.2 Å². The first-order chi connectivity index (χ1) is 13.0. The molecule has 2 heterocycles. The molecule has 1 aromatic carbocycles. The molecule has 0 radical (unpaired) electrons. The van der Waals surface area contributed by atoms with E-state index in [1.165, 1.54) is 0 Å². The van der Waals surface area contributed by atoms with Gasteiger partial charge < -0.3 is 24.8 Å². The molecule has 1 unspecified atom stereocenters. The van der Waals surface area contributed by atoms with E-state index in [-0.39, 0.29) is 24.8 Å². The maximum Gasteiger partial charge on any atom is 0.317 e. The number of ether oxygens (including phenoxy) is 2. The van der Waals surface area contributed by atoms with Crippen LogP contribution in [0.3, 0.4) is 0 Å². The van der Waals surface area contributed by atoms with Crippen molar-refractivity contribution in [1.29, 1.82) is 0 Å². The van der Waals surface area contributed by atoms with E-state index < -0.39 is 11.4 Å². The number of nitrogens with zero attached hydrogens (tertiary/aromatic N) is 1. The fraction of sp³-hybridized carbons (Fsp3) is 0.600. The SMILES string of the molecule is CC(CCc1ccc2c(c1)OCO2)NC(=O)N1C[C@@H]2CCC[C@@]2(C(=O)O)C1. The van der Waals surface area contributed by atoms with Crippen LogP contribution in [-0.2, 0) is 11.2 Å². The van der Waals surface area contributed by atoms with Gasteiger partial charge in [-0.3, -0.25) is 4.79 Å². The highest BCUT2D eigenvalue weighted by Gasteiger charge is 2.55. The van der Waals surface area contributed by atoms with Crippen LogP contribution in [0, 0.1) is 11.3 Å². The van der Waals surface area contributed by atoms with Crippen molar-refractivity contribution in [3.05, 3.63) is 23.8 Å². The minimum Gasteiger partial charge on any atom is -0.481 e. The molecule has 7 heteroatoms. The summed E-state index contributed by atoms with van der Waals surface area (Å²) < 4.78 is 10.7. The molecule has 2 N–H and O–H groups in total. The highest BCUT2D eigenvalue weighted by Crippen LogP contribution is 2.48. The second-order valence-electron chi connectivity index (χ2n) is 8.01. The van der Waals surface area contributed by atoms with Gasteiger partial charge in [-0.15, -0.1) is 0 Å². The van der Waals surface area contributed by atoms with Gasteiger partial charge in [-0.25, -0.2) is 4.79 Å². The average Bonchev–Trinajstić information content (AvgIpc) is 3.33. The molecule has 146 valence electrons. The van der Waals surface area contributed by atoms with Crippen LogP contribution >= 0.6 is 0 Å². The Hall–Kier alpha value is -2.44. The minimum atomic E-state index is -0.754. The number of hydrogen-bond donors (Lipinski definition) is 2. The molecule has 1 aliphatic carbocycles. The number of benzene rings is 1. The zero-order valence-corrected chi connectivity index (χ0v) is 15.6. The van der Waals surface area contributed by atoms with E-state index in [9.17, 15) is 14.7 Å². The molecule has 1 saturated heterocycles. The second kappa shape index (κ2) is 6.94. The molecule has 2 amide bonds. The molecule has 2 aliphatic heterocycles. The smallest absolute Gasteiger partial charge is 0.317 e. The summed E-state index contributed by atoms with van der Waals surface area (Å²) in [6, 6.07) is 5.76. The zero-order chi connectivity index (χ0) is 19.0. The Morgan fingerprint density at radius 3 is 2.96 bits per heavy atom. The quantitative estimate of drug-likeness (QED) is 0.827. The van der Waals surface area contributed by atoms with E-state index >= 15 is 0 Å². The number of hydrogen-bond acceptors (Lipinski definition) is 4. The first kappa shape index (κ1) is 17.9. The van der Waals surface area contributed by atoms with E-state index in [0.29, 0.717) is 19.5 Å². The van der Waals surface area contributed by atoms with Crippen LogP contribution in [-0.4, -0.2) is 47.9 Å². The van der Waals surface area contributed by atoms with Crippen molar-refractivity contribution in [3.8, 4) is 11.5 Å². The van der Waals surface area contributed by atoms with Gasteiger partial charge in [0.25, 0.3) is 0 Å². The van der Waals surface area contributed by atoms with Crippen LogP contribution in [0.15, 0.2) is 18.2 Å². The molecule has 1 aromatic rings. The Kier molecular flexibility index (Phi) is 4.61. The molecule has 0 spiro atoms. The molecule has 7 nitrogen and oxygen atoms in total. The van der Waals surface area contributed by atoms with Gasteiger partial charge in [0, 0.05) is 19.1 Å². The molecule has 4 rings (SSSR count). The lowest BCUT2D eigenvalue weighted by molar-refractivity contribution is -0.149. The van der Waals surface area contributed by atoms with E-state index in [1.54, 1.807) is 4.90 Å². The lowest BCUT2D eigenvalue weighted by Gasteiger charge is -2.24. The van der Waals surface area contributed by atoms with Crippen LogP contribution in [0.2, 0.25) is 0 Å². The summed E-state index contributed by atoms with van der Waals surface area (Å²) in [5.74, 6) is 0.875. The Balaban J connectivity index is 1.29. The Labute approximate surface area is 158 Å². The maximum absolute atomic E-state index is 12.6. The number of carbonyl (C=O) groups is 2. The molecule has 3 atom stereocenters. The molecule has 1 saturated carbocycles. The first-order valence-corrected chi connectivity index (χ1v) is 9.65. The topological polar surface area (TPSA) is 88.1 Å². The van der Waals surface area contributed by atoms with Gasteiger partial charge >= 0.3 is 12.0 Å². The monoisotopic (exact) mass is 374 g/mol. The number of carbonyl (C=O) groups excluding carboxylic acids is 1. The summed E-state index contributed by atoms with van der Waals surface area (Å²) in [4.78, 5) is 26.0. The number of carboxylic acid groups (broad SMARTS) is 1. The fourth-order valence-corrected chi connectivity index (χ4v) is 4.65. The standard InChI is InChI=1S/C20H26N2O5/c1-13(4-5-14-6-7-16-17(9-14)27-12-26-16)21-19(25)22-10-15-3-2-8-20(15,11-22)18(23)24/h6-7,9,13,15H,2-5,8,10-12H2,1H3,(H,21,25)(H,23,24)/t13?,15-,20+/m0/s1. The van der Waals surface area contributed by atoms with Gasteiger partial charge in [-0.05, 0) is 56.2 Å². The highest BCUT2D eigenvalue weighted by molar-refractivity contribution is 5.80. The van der Waals surface area contributed by atoms with Crippen molar-refractivity contribution in [1.82, 2.24) is 10.2 Å². The number of carboxylic acids is 1. The van der Waals surface area contributed by atoms with Crippen LogP contribution in [0.1, 0.15) is 38.2 Å². The van der Waals surface area contributed by atoms with E-state index in [2.05, 4.69) is 5.32 Å². The normalized spacial score (nSPS) is 26.7. The number of aliphatic carboxylic acids is 1. The summed E-state index contributed by atoms with van der Waals surface area (Å²) in [6.07, 6.45) is 4.14. The Bertz CT molecular complexity index is 752. The summed E-state index contributed by atoms with van der Waals surface area (Å²) in [6.45, 7) is 3.12. The van der Waals surface area contributed by atoms with Gasteiger partial charge in [0.15, 0.2) is 11.5 Å². The van der Waals surface area contributed by atoms with Crippen molar-refractivity contribution in [3.63, 3.8) is 0 Å². The van der Waals surface area contributed by atoms with Crippen molar-refractivity contribution >= 4 is 12.0 Å². The van der Waals surface area contributed by atoms with E-state index in [4.69, 9.17) is 9.47 Å². The number of likely N-dealkylation sites (tertiary alicyclic amines) is 1. The van der Waals surface area contributed by atoms with E-state index in [0.717, 1.165) is 42.7 Å². The number of urea groups is 1. The summed E-state index contributed by atoms with van der Waals surface area (Å²) >= 11 is 0. The lowest BCUT2D eigenvalue weighted by Crippen LogP contribution is -2.44. The fourth-order valence-electron chi connectivity index (χ4n) is 4.65. The van der Waals surface area contributed by atoms with Gasteiger partial charge in [0.05, 0.1) is 5.41 Å². The summed E-state index contributed by atoms with van der Waals surface area (Å²) in [5.41, 5.74) is 0.411. The minimum absolute atomic E-state index is 0.00383. The molecular weight excluding hydrogens is 348 g/mol. The number of fused-ring (bicyclic) bond motifs is 2. The van der Waals surface area contributed by atoms with E-state index in [1.807, 2.05) is 25.1 Å². The zero-order valence-electron chi connectivity index (χ0n) is 15.6. The van der Waals surface area contributed by atoms with Crippen molar-refractivity contribution in [2.45, 2.75) is 45.1 Å². The molecule has 0 bridgehead atoms. The molecule has 2 fully saturated rings. The Morgan fingerprint density at radius 2 is 2.19 bits per heavy atom. The van der Waals surface area contributed by atoms with Crippen LogP contribution < -0.4 is 14.8 Å². The van der Waals surface area contributed by atoms with Crippen molar-refractivity contribution in [2.75, 3.05) is 19.9 Å². The number of rotatable bonds is 5. The third-order valence-corrected chi connectivity index (χ3v) is 6.26. The van der Waals surface area contributed by atoms with Crippen molar-refractivity contribution in [2.24, 2.45) is 11.3 Å².